The fourth-order valence-corrected chi connectivity index (χ4v) is 0. The molecular weight excluding hydrogens is 686 g/mol. The number of hydrogen-bond acceptors (Lipinski definition) is 0. The van der Waals surface area contributed by atoms with Gasteiger partial charge in [0.2, 0.25) is 0 Å². The van der Waals surface area contributed by atoms with Crippen molar-refractivity contribution in [1.82, 2.24) is 0 Å². The minimum absolute atomic E-state index is 0. The molecule has 0 nitrogen and oxygen atoms in total. The normalized spacial score (nSPS) is 0. The molecule has 0 amide bonds. The van der Waals surface area contributed by atoms with Crippen LogP contribution in [0.15, 0.2) is 0 Å². The first-order valence-corrected chi connectivity index (χ1v) is 0. The third-order valence-electron chi connectivity index (χ3n) is 0. The number of hydrogen-bond donors (Lipinski definition) is 0. The average molecular weight is 686 g/mol. The molecule has 0 aliphatic carbocycles. The van der Waals surface area contributed by atoms with E-state index in [-0.39, 0.29) is 156 Å². The van der Waals surface area contributed by atoms with Gasteiger partial charge in [-0.3, -0.25) is 0 Å². The molecule has 0 aromatic rings. The first-order valence-electron chi connectivity index (χ1n) is 0. The Bertz CT molecular complexity index is 12.9. The first-order chi connectivity index (χ1) is 0. The van der Waals surface area contributed by atoms with E-state index in [2.05, 4.69) is 0 Å². The summed E-state index contributed by atoms with van der Waals surface area (Å²) >= 11 is 0. The summed E-state index contributed by atoms with van der Waals surface area (Å²) in [5, 5.41) is 0. The van der Waals surface area contributed by atoms with Crippen molar-refractivity contribution in [1.29, 1.82) is 0 Å². The van der Waals surface area contributed by atoms with Gasteiger partial charge in [0.1, 0.15) is 0 Å². The van der Waals surface area contributed by atoms with Crippen LogP contribution in [-0.2, 0) is 102 Å². The van der Waals surface area contributed by atoms with Crippen molar-refractivity contribution in [3.8, 4) is 0 Å². The molecule has 0 aliphatic heterocycles. The van der Waals surface area contributed by atoms with Gasteiger partial charge in [0.15, 0.2) is 0 Å². The summed E-state index contributed by atoms with van der Waals surface area (Å²) < 4.78 is 0. The predicted molar refractivity (Wildman–Crippen MR) is 48.3 cm³/mol. The van der Waals surface area contributed by atoms with Crippen molar-refractivity contribution in [3.05, 3.63) is 0 Å². The molecule has 0 aromatic carbocycles. The summed E-state index contributed by atoms with van der Waals surface area (Å²) in [7, 11) is 0. The summed E-state index contributed by atoms with van der Waals surface area (Å²) in [6, 6.07) is 0. The van der Waals surface area contributed by atoms with Crippen LogP contribution in [0.3, 0.4) is 0 Å². The van der Waals surface area contributed by atoms with Gasteiger partial charge in [-0.15, -0.1) is 0 Å². The van der Waals surface area contributed by atoms with Crippen molar-refractivity contribution < 1.29 is 34.1 Å². The van der Waals surface area contributed by atoms with Crippen molar-refractivity contribution in [3.63, 3.8) is 0 Å². The van der Waals surface area contributed by atoms with E-state index >= 15 is 0 Å². The van der Waals surface area contributed by atoms with E-state index in [1.54, 1.807) is 0 Å². The van der Waals surface area contributed by atoms with Crippen LogP contribution in [0.1, 0.15) is 0 Å². The Labute approximate surface area is 153 Å². The Balaban J connectivity index is 0. The molecule has 54 valence electrons. The van der Waals surface area contributed by atoms with E-state index in [9.17, 15) is 0 Å². The van der Waals surface area contributed by atoms with E-state index in [4.69, 9.17) is 0 Å². The van der Waals surface area contributed by atoms with Crippen LogP contribution in [0.2, 0.25) is 0 Å². The van der Waals surface area contributed by atoms with Crippen molar-refractivity contribution >= 4 is 122 Å². The molecule has 0 rings (SSSR count). The van der Waals surface area contributed by atoms with Crippen molar-refractivity contribution in [2.45, 2.75) is 0 Å². The van der Waals surface area contributed by atoms with Gasteiger partial charge in [-0.2, -0.15) is 0 Å². The third kappa shape index (κ3) is 66.5. The molecule has 6 radical (unpaired) electrons. The topological polar surface area (TPSA) is 0 Å². The van der Waals surface area contributed by atoms with Gasteiger partial charge in [0.05, 0.1) is 0 Å². The second kappa shape index (κ2) is 79.6. The quantitative estimate of drug-likeness (QED) is 0.294. The van der Waals surface area contributed by atoms with Crippen LogP contribution >= 0.6 is 0 Å². The van der Waals surface area contributed by atoms with Crippen molar-refractivity contribution in [2.24, 2.45) is 0 Å². The van der Waals surface area contributed by atoms with Crippen LogP contribution in [0.4, 0.5) is 0 Å². The molecule has 0 aliphatic rings. The molecule has 0 bridgehead atoms. The summed E-state index contributed by atoms with van der Waals surface area (Å²) in [6.07, 6.45) is 0. The average Bonchev–Trinajstić information content (AvgIpc) is 0. The molecular formula is Fe2Pb2S5. The third-order valence-corrected chi connectivity index (χ3v) is 0. The number of rotatable bonds is 0. The summed E-state index contributed by atoms with van der Waals surface area (Å²) in [6.45, 7) is 0. The van der Waals surface area contributed by atoms with E-state index in [1.165, 1.54) is 0 Å². The molecule has 0 saturated carbocycles. The SMILES string of the molecule is [Fe+3].[Fe+3].[Pb+2].[Pb+2].[S-2].[S-2].[S-2].[S-2].[S-2]. The van der Waals surface area contributed by atoms with E-state index in [0.29, 0.717) is 0 Å². The maximum atomic E-state index is 0. The minimum Gasteiger partial charge on any atom is -2.00 e. The zero-order valence-electron chi connectivity index (χ0n) is 3.75. The molecule has 0 aromatic heterocycles. The maximum Gasteiger partial charge on any atom is 3.00 e. The Morgan fingerprint density at radius 2 is 0.333 bits per heavy atom. The molecule has 0 atom stereocenters. The minimum atomic E-state index is 0. The Kier molecular flexibility index (Phi) is 897. The second-order valence-electron chi connectivity index (χ2n) is 0. The fourth-order valence-electron chi connectivity index (χ4n) is 0. The van der Waals surface area contributed by atoms with Crippen LogP contribution in [0.25, 0.3) is 0 Å². The standard InChI is InChI=1S/2Fe.2Pb.5S/q2*+3;2*+2;5*-2. The molecule has 9 heteroatoms. The van der Waals surface area contributed by atoms with Crippen LogP contribution in [0.5, 0.6) is 0 Å². The maximum absolute atomic E-state index is 0. The van der Waals surface area contributed by atoms with Gasteiger partial charge < -0.3 is 67.5 Å². The van der Waals surface area contributed by atoms with Gasteiger partial charge in [-0.1, -0.05) is 0 Å². The Morgan fingerprint density at radius 3 is 0.333 bits per heavy atom. The second-order valence-corrected chi connectivity index (χ2v) is 0. The smallest absolute Gasteiger partial charge is 2.00 e. The van der Waals surface area contributed by atoms with E-state index in [0.717, 1.165) is 0 Å². The van der Waals surface area contributed by atoms with Crippen LogP contribution in [-0.4, -0.2) is 54.6 Å². The van der Waals surface area contributed by atoms with Crippen molar-refractivity contribution in [2.75, 3.05) is 0 Å². The largest absolute Gasteiger partial charge is 3.00 e. The predicted octanol–water partition coefficient (Wildman–Crippen LogP) is -0.779. The molecule has 9 heavy (non-hydrogen) atoms. The molecule has 0 fully saturated rings. The van der Waals surface area contributed by atoms with Gasteiger partial charge in [0, 0.05) is 0 Å². The Hall–Kier alpha value is 4.63. The van der Waals surface area contributed by atoms with Gasteiger partial charge in [-0.25, -0.2) is 0 Å². The van der Waals surface area contributed by atoms with E-state index in [1.807, 2.05) is 0 Å². The summed E-state index contributed by atoms with van der Waals surface area (Å²) in [5.74, 6) is 0. The molecule has 0 heterocycles. The zero-order chi connectivity index (χ0) is 0. The van der Waals surface area contributed by atoms with Gasteiger partial charge >= 0.3 is 88.7 Å². The molecule has 0 spiro atoms. The fraction of sp³-hybridized carbons (Fsp3) is 0. The Morgan fingerprint density at radius 1 is 0.333 bits per heavy atom. The monoisotopic (exact) mass is 688 g/mol. The molecule has 0 saturated heterocycles. The molecule has 0 unspecified atom stereocenters. The first kappa shape index (κ1) is 101. The van der Waals surface area contributed by atoms with Gasteiger partial charge in [0.25, 0.3) is 0 Å². The van der Waals surface area contributed by atoms with Gasteiger partial charge in [-0.05, 0) is 0 Å². The summed E-state index contributed by atoms with van der Waals surface area (Å²) in [5.41, 5.74) is 0. The van der Waals surface area contributed by atoms with Crippen LogP contribution < -0.4 is 0 Å². The molecule has 0 N–H and O–H groups in total. The zero-order valence-corrected chi connectivity index (χ0v) is 17.8. The summed E-state index contributed by atoms with van der Waals surface area (Å²) in [4.78, 5) is 0. The van der Waals surface area contributed by atoms with Crippen LogP contribution in [0, 0.1) is 0 Å². The van der Waals surface area contributed by atoms with E-state index < -0.39 is 0 Å².